The number of aryl methyl sites for hydroxylation is 1. The van der Waals surface area contributed by atoms with Crippen molar-refractivity contribution in [2.45, 2.75) is 57.1 Å². The molecule has 0 spiro atoms. The van der Waals surface area contributed by atoms with Crippen molar-refractivity contribution in [1.82, 2.24) is 14.5 Å². The molecule has 0 radical (unpaired) electrons. The second-order valence-corrected chi connectivity index (χ2v) is 8.05. The molecule has 27 heavy (non-hydrogen) atoms. The lowest BCUT2D eigenvalue weighted by Crippen LogP contribution is -2.41. The van der Waals surface area contributed by atoms with Crippen LogP contribution in [0.2, 0.25) is 0 Å². The standard InChI is InChI=1S/C19H27N3O4S/c1-3-5-14-10-17(24)22-15(12-27-19(22)20-14)11-16(23)21-8-6-13(7-9-21)18(25)26-4-2/h10,13,15H,3-9,11-12H2,1-2H3. The van der Waals surface area contributed by atoms with Gasteiger partial charge in [-0.15, -0.1) is 0 Å². The van der Waals surface area contributed by atoms with Crippen molar-refractivity contribution in [3.63, 3.8) is 0 Å². The first-order valence-corrected chi connectivity index (χ1v) is 10.7. The number of carbonyl (C=O) groups excluding carboxylic acids is 2. The molecule has 1 aromatic rings. The molecule has 1 fully saturated rings. The summed E-state index contributed by atoms with van der Waals surface area (Å²) in [5.74, 6) is 0.468. The van der Waals surface area contributed by atoms with Crippen molar-refractivity contribution in [2.24, 2.45) is 5.92 Å². The van der Waals surface area contributed by atoms with E-state index < -0.39 is 0 Å². The number of carbonyl (C=O) groups is 2. The molecule has 148 valence electrons. The van der Waals surface area contributed by atoms with Crippen LogP contribution in [0.1, 0.15) is 51.3 Å². The van der Waals surface area contributed by atoms with E-state index in [1.54, 1.807) is 29.3 Å². The van der Waals surface area contributed by atoms with E-state index in [-0.39, 0.29) is 29.4 Å². The monoisotopic (exact) mass is 393 g/mol. The summed E-state index contributed by atoms with van der Waals surface area (Å²) in [5, 5.41) is 0.727. The Morgan fingerprint density at radius 1 is 1.30 bits per heavy atom. The van der Waals surface area contributed by atoms with Gasteiger partial charge >= 0.3 is 5.97 Å². The number of fused-ring (bicyclic) bond motifs is 1. The summed E-state index contributed by atoms with van der Waals surface area (Å²) >= 11 is 1.55. The molecule has 7 nitrogen and oxygen atoms in total. The molecule has 1 saturated heterocycles. The minimum Gasteiger partial charge on any atom is -0.466 e. The van der Waals surface area contributed by atoms with Crippen LogP contribution in [0.15, 0.2) is 16.0 Å². The second-order valence-electron chi connectivity index (χ2n) is 7.06. The first kappa shape index (κ1) is 19.9. The molecule has 1 aromatic heterocycles. The summed E-state index contributed by atoms with van der Waals surface area (Å²) < 4.78 is 6.75. The van der Waals surface area contributed by atoms with Gasteiger partial charge in [-0.05, 0) is 26.2 Å². The SMILES string of the molecule is CCCc1cc(=O)n2c(n1)SCC2CC(=O)N1CCC(C(=O)OCC)CC1. The van der Waals surface area contributed by atoms with Gasteiger partial charge in [0.2, 0.25) is 5.91 Å². The van der Waals surface area contributed by atoms with E-state index >= 15 is 0 Å². The molecule has 8 heteroatoms. The fraction of sp³-hybridized carbons (Fsp3) is 0.684. The van der Waals surface area contributed by atoms with Gasteiger partial charge in [-0.25, -0.2) is 4.98 Å². The lowest BCUT2D eigenvalue weighted by molar-refractivity contribution is -0.151. The zero-order chi connectivity index (χ0) is 19.4. The van der Waals surface area contributed by atoms with Gasteiger partial charge in [0, 0.05) is 37.0 Å². The number of likely N-dealkylation sites (tertiary alicyclic amines) is 1. The predicted octanol–water partition coefficient (Wildman–Crippen LogP) is 2.03. The van der Waals surface area contributed by atoms with Crippen molar-refractivity contribution in [3.05, 3.63) is 22.1 Å². The highest BCUT2D eigenvalue weighted by Crippen LogP contribution is 2.33. The van der Waals surface area contributed by atoms with E-state index in [1.807, 2.05) is 4.90 Å². The van der Waals surface area contributed by atoms with Crippen LogP contribution >= 0.6 is 11.8 Å². The maximum atomic E-state index is 12.7. The summed E-state index contributed by atoms with van der Waals surface area (Å²) in [7, 11) is 0. The van der Waals surface area contributed by atoms with Crippen molar-refractivity contribution in [1.29, 1.82) is 0 Å². The zero-order valence-corrected chi connectivity index (χ0v) is 16.8. The average molecular weight is 394 g/mol. The van der Waals surface area contributed by atoms with Gasteiger partial charge in [0.15, 0.2) is 5.16 Å². The maximum Gasteiger partial charge on any atom is 0.309 e. The van der Waals surface area contributed by atoms with Gasteiger partial charge in [-0.1, -0.05) is 25.1 Å². The highest BCUT2D eigenvalue weighted by Gasteiger charge is 2.32. The summed E-state index contributed by atoms with van der Waals surface area (Å²) in [5.41, 5.74) is 0.765. The van der Waals surface area contributed by atoms with Crippen LogP contribution in [0.4, 0.5) is 0 Å². The van der Waals surface area contributed by atoms with Crippen LogP contribution in [0, 0.1) is 5.92 Å². The van der Waals surface area contributed by atoms with Gasteiger partial charge in [0.1, 0.15) is 0 Å². The largest absolute Gasteiger partial charge is 0.466 e. The zero-order valence-electron chi connectivity index (χ0n) is 16.0. The van der Waals surface area contributed by atoms with E-state index in [2.05, 4.69) is 11.9 Å². The number of hydrogen-bond acceptors (Lipinski definition) is 6. The molecule has 0 saturated carbocycles. The summed E-state index contributed by atoms with van der Waals surface area (Å²) in [4.78, 5) is 43.4. The summed E-state index contributed by atoms with van der Waals surface area (Å²) in [6.07, 6.45) is 3.33. The van der Waals surface area contributed by atoms with Gasteiger partial charge in [0.05, 0.1) is 18.6 Å². The van der Waals surface area contributed by atoms with E-state index in [0.717, 1.165) is 23.7 Å². The molecule has 0 aliphatic carbocycles. The topological polar surface area (TPSA) is 81.5 Å². The Labute approximate surface area is 163 Å². The maximum absolute atomic E-state index is 12.7. The van der Waals surface area contributed by atoms with Gasteiger partial charge in [-0.2, -0.15) is 0 Å². The van der Waals surface area contributed by atoms with Gasteiger partial charge in [-0.3, -0.25) is 19.0 Å². The number of nitrogens with zero attached hydrogens (tertiary/aromatic N) is 3. The molecule has 3 heterocycles. The normalized spacial score (nSPS) is 19.8. The molecule has 1 unspecified atom stereocenters. The molecule has 0 aromatic carbocycles. The molecule has 1 atom stereocenters. The van der Waals surface area contributed by atoms with Crippen molar-refractivity contribution in [3.8, 4) is 0 Å². The van der Waals surface area contributed by atoms with E-state index in [1.165, 1.54) is 0 Å². The Morgan fingerprint density at radius 2 is 2.04 bits per heavy atom. The number of amides is 1. The summed E-state index contributed by atoms with van der Waals surface area (Å²) in [6.45, 7) is 5.39. The van der Waals surface area contributed by atoms with Crippen LogP contribution in [0.25, 0.3) is 0 Å². The minimum atomic E-state index is -0.161. The van der Waals surface area contributed by atoms with Crippen molar-refractivity contribution in [2.75, 3.05) is 25.4 Å². The fourth-order valence-corrected chi connectivity index (χ4v) is 4.86. The van der Waals surface area contributed by atoms with Gasteiger partial charge < -0.3 is 9.64 Å². The smallest absolute Gasteiger partial charge is 0.309 e. The van der Waals surface area contributed by atoms with E-state index in [4.69, 9.17) is 4.74 Å². The third-order valence-electron chi connectivity index (χ3n) is 5.13. The number of thioether (sulfide) groups is 1. The predicted molar refractivity (Wildman–Crippen MR) is 103 cm³/mol. The number of ether oxygens (including phenoxy) is 1. The van der Waals surface area contributed by atoms with Crippen molar-refractivity contribution < 1.29 is 14.3 Å². The lowest BCUT2D eigenvalue weighted by atomic mass is 9.96. The first-order valence-electron chi connectivity index (χ1n) is 9.73. The Kier molecular flexibility index (Phi) is 6.57. The highest BCUT2D eigenvalue weighted by molar-refractivity contribution is 7.99. The molecule has 0 bridgehead atoms. The molecule has 1 amide bonds. The van der Waals surface area contributed by atoms with Crippen molar-refractivity contribution >= 4 is 23.6 Å². The number of esters is 1. The molecule has 2 aliphatic heterocycles. The van der Waals surface area contributed by atoms with Crippen LogP contribution in [-0.2, 0) is 20.7 Å². The lowest BCUT2D eigenvalue weighted by Gasteiger charge is -2.31. The highest BCUT2D eigenvalue weighted by atomic mass is 32.2. The fourth-order valence-electron chi connectivity index (χ4n) is 3.69. The van der Waals surface area contributed by atoms with E-state index in [0.29, 0.717) is 44.7 Å². The Balaban J connectivity index is 1.59. The summed E-state index contributed by atoms with van der Waals surface area (Å²) in [6, 6.07) is 1.46. The first-order chi connectivity index (χ1) is 13.0. The molecular formula is C19H27N3O4S. The third-order valence-corrected chi connectivity index (χ3v) is 6.22. The average Bonchev–Trinajstić information content (AvgIpc) is 3.05. The van der Waals surface area contributed by atoms with Crippen LogP contribution in [-0.4, -0.2) is 51.8 Å². The minimum absolute atomic E-state index is 0.0419. The molecular weight excluding hydrogens is 366 g/mol. The molecule has 2 aliphatic rings. The van der Waals surface area contributed by atoms with Crippen LogP contribution in [0.5, 0.6) is 0 Å². The number of aromatic nitrogens is 2. The third kappa shape index (κ3) is 4.54. The number of rotatable bonds is 6. The Bertz CT molecular complexity index is 756. The molecule has 3 rings (SSSR count). The van der Waals surface area contributed by atoms with Crippen LogP contribution < -0.4 is 5.56 Å². The number of hydrogen-bond donors (Lipinski definition) is 0. The second kappa shape index (κ2) is 8.91. The molecule has 0 N–H and O–H groups in total. The Hall–Kier alpha value is -1.83. The van der Waals surface area contributed by atoms with Crippen LogP contribution in [0.3, 0.4) is 0 Å². The van der Waals surface area contributed by atoms with Gasteiger partial charge in [0.25, 0.3) is 5.56 Å². The quantitative estimate of drug-likeness (QED) is 0.543. The number of piperidine rings is 1. The Morgan fingerprint density at radius 3 is 2.70 bits per heavy atom. The van der Waals surface area contributed by atoms with E-state index in [9.17, 15) is 14.4 Å².